The fraction of sp³-hybridized carbons (Fsp3) is 0.0435. The van der Waals surface area contributed by atoms with E-state index in [0.717, 1.165) is 5.56 Å². The summed E-state index contributed by atoms with van der Waals surface area (Å²) in [6, 6.07) is 22.7. The number of fused-ring (bicyclic) bond motifs is 1. The van der Waals surface area contributed by atoms with Crippen molar-refractivity contribution in [1.82, 2.24) is 0 Å². The molecule has 1 N–H and O–H groups in total. The average Bonchev–Trinajstić information content (AvgIpc) is 2.73. The second-order valence-electron chi connectivity index (χ2n) is 6.26. The Morgan fingerprint density at radius 3 is 2.46 bits per heavy atom. The highest BCUT2D eigenvalue weighted by molar-refractivity contribution is 5.93. The Kier molecular flexibility index (Phi) is 4.64. The summed E-state index contributed by atoms with van der Waals surface area (Å²) in [5.74, 6) is -0.134. The van der Waals surface area contributed by atoms with Crippen LogP contribution in [0.2, 0.25) is 0 Å². The standard InChI is InChI=1S/C23H16O5/c24-19-13-22(28-21-11-10-16(23(25)26)12-18(19)21)17-8-4-5-9-20(17)27-14-15-6-2-1-3-7-15/h1-13H,14H2,(H,25,26). The van der Waals surface area contributed by atoms with Crippen LogP contribution in [-0.4, -0.2) is 11.1 Å². The number of para-hydroxylation sites is 1. The van der Waals surface area contributed by atoms with E-state index in [0.29, 0.717) is 29.3 Å². The molecule has 0 bridgehead atoms. The third-order valence-corrected chi connectivity index (χ3v) is 4.36. The van der Waals surface area contributed by atoms with Gasteiger partial charge in [0.2, 0.25) is 0 Å². The number of carboxylic acid groups (broad SMARTS) is 1. The summed E-state index contributed by atoms with van der Waals surface area (Å²) in [7, 11) is 0. The molecule has 138 valence electrons. The van der Waals surface area contributed by atoms with E-state index in [2.05, 4.69) is 0 Å². The third-order valence-electron chi connectivity index (χ3n) is 4.36. The Balaban J connectivity index is 1.73. The van der Waals surface area contributed by atoms with Crippen LogP contribution >= 0.6 is 0 Å². The summed E-state index contributed by atoms with van der Waals surface area (Å²) < 4.78 is 11.8. The molecular formula is C23H16O5. The summed E-state index contributed by atoms with van der Waals surface area (Å²) in [6.07, 6.45) is 0. The second-order valence-corrected chi connectivity index (χ2v) is 6.26. The summed E-state index contributed by atoms with van der Waals surface area (Å²) in [4.78, 5) is 23.7. The van der Waals surface area contributed by atoms with Crippen molar-refractivity contribution in [2.24, 2.45) is 0 Å². The molecule has 4 rings (SSSR count). The molecule has 0 unspecified atom stereocenters. The minimum atomic E-state index is -1.09. The van der Waals surface area contributed by atoms with Gasteiger partial charge in [0.1, 0.15) is 23.7 Å². The Labute approximate surface area is 160 Å². The first-order valence-electron chi connectivity index (χ1n) is 8.69. The molecule has 3 aromatic carbocycles. The number of hydrogen-bond acceptors (Lipinski definition) is 4. The van der Waals surface area contributed by atoms with Gasteiger partial charge in [-0.15, -0.1) is 0 Å². The number of hydrogen-bond donors (Lipinski definition) is 1. The molecule has 1 aromatic heterocycles. The molecule has 1 heterocycles. The van der Waals surface area contributed by atoms with Gasteiger partial charge in [-0.25, -0.2) is 4.79 Å². The van der Waals surface area contributed by atoms with Gasteiger partial charge in [-0.05, 0) is 35.9 Å². The highest BCUT2D eigenvalue weighted by atomic mass is 16.5. The normalized spacial score (nSPS) is 10.7. The van der Waals surface area contributed by atoms with E-state index in [-0.39, 0.29) is 16.4 Å². The van der Waals surface area contributed by atoms with Crippen LogP contribution in [0.25, 0.3) is 22.3 Å². The van der Waals surface area contributed by atoms with Crippen molar-refractivity contribution in [2.45, 2.75) is 6.61 Å². The largest absolute Gasteiger partial charge is 0.488 e. The molecule has 0 spiro atoms. The van der Waals surface area contributed by atoms with E-state index in [9.17, 15) is 9.59 Å². The lowest BCUT2D eigenvalue weighted by atomic mass is 10.1. The maximum absolute atomic E-state index is 12.5. The predicted molar refractivity (Wildman–Crippen MR) is 106 cm³/mol. The van der Waals surface area contributed by atoms with E-state index >= 15 is 0 Å². The first kappa shape index (κ1) is 17.5. The Morgan fingerprint density at radius 2 is 1.68 bits per heavy atom. The molecule has 4 aromatic rings. The second kappa shape index (κ2) is 7.40. The van der Waals surface area contributed by atoms with Crippen LogP contribution in [0.4, 0.5) is 0 Å². The zero-order valence-electron chi connectivity index (χ0n) is 14.8. The topological polar surface area (TPSA) is 76.7 Å². The lowest BCUT2D eigenvalue weighted by molar-refractivity contribution is 0.0697. The first-order valence-corrected chi connectivity index (χ1v) is 8.69. The van der Waals surface area contributed by atoms with E-state index < -0.39 is 5.97 Å². The van der Waals surface area contributed by atoms with Gasteiger partial charge >= 0.3 is 5.97 Å². The minimum absolute atomic E-state index is 0.0409. The zero-order chi connectivity index (χ0) is 19.5. The molecule has 5 nitrogen and oxygen atoms in total. The molecule has 0 amide bonds. The van der Waals surface area contributed by atoms with Crippen LogP contribution in [0.1, 0.15) is 15.9 Å². The van der Waals surface area contributed by atoms with Crippen molar-refractivity contribution in [3.63, 3.8) is 0 Å². The van der Waals surface area contributed by atoms with Crippen LogP contribution in [0.15, 0.2) is 88.1 Å². The fourth-order valence-corrected chi connectivity index (χ4v) is 2.95. The molecular weight excluding hydrogens is 356 g/mol. The highest BCUT2D eigenvalue weighted by Gasteiger charge is 2.13. The molecule has 5 heteroatoms. The smallest absolute Gasteiger partial charge is 0.335 e. The van der Waals surface area contributed by atoms with Crippen molar-refractivity contribution in [2.75, 3.05) is 0 Å². The fourth-order valence-electron chi connectivity index (χ4n) is 2.95. The lowest BCUT2D eigenvalue weighted by Gasteiger charge is -2.11. The van der Waals surface area contributed by atoms with Gasteiger partial charge in [-0.2, -0.15) is 0 Å². The number of carbonyl (C=O) groups is 1. The molecule has 0 aliphatic carbocycles. The van der Waals surface area contributed by atoms with Gasteiger partial charge in [0.25, 0.3) is 0 Å². The van der Waals surface area contributed by atoms with Gasteiger partial charge in [0, 0.05) is 6.07 Å². The van der Waals surface area contributed by atoms with Gasteiger partial charge < -0.3 is 14.3 Å². The highest BCUT2D eigenvalue weighted by Crippen LogP contribution is 2.31. The molecule has 0 saturated carbocycles. The lowest BCUT2D eigenvalue weighted by Crippen LogP contribution is -2.04. The predicted octanol–water partition coefficient (Wildman–Crippen LogP) is 4.74. The molecule has 28 heavy (non-hydrogen) atoms. The zero-order valence-corrected chi connectivity index (χ0v) is 14.8. The van der Waals surface area contributed by atoms with Crippen LogP contribution in [-0.2, 0) is 6.61 Å². The van der Waals surface area contributed by atoms with Crippen LogP contribution in [0.3, 0.4) is 0 Å². The summed E-state index contributed by atoms with van der Waals surface area (Å²) in [5.41, 5.74) is 1.74. The van der Waals surface area contributed by atoms with Gasteiger partial charge in [-0.1, -0.05) is 42.5 Å². The quantitative estimate of drug-likeness (QED) is 0.548. The van der Waals surface area contributed by atoms with Crippen molar-refractivity contribution < 1.29 is 19.1 Å². The average molecular weight is 372 g/mol. The molecule has 0 aliphatic heterocycles. The van der Waals surface area contributed by atoms with Gasteiger partial charge in [0.15, 0.2) is 5.43 Å². The molecule has 0 atom stereocenters. The molecule has 0 radical (unpaired) electrons. The van der Waals surface area contributed by atoms with Crippen LogP contribution in [0, 0.1) is 0 Å². The monoisotopic (exact) mass is 372 g/mol. The van der Waals surface area contributed by atoms with E-state index in [1.54, 1.807) is 0 Å². The number of benzene rings is 3. The number of aromatic carboxylic acids is 1. The number of ether oxygens (including phenoxy) is 1. The SMILES string of the molecule is O=C(O)c1ccc2oc(-c3ccccc3OCc3ccccc3)cc(=O)c2c1. The van der Waals surface area contributed by atoms with E-state index in [4.69, 9.17) is 14.3 Å². The maximum atomic E-state index is 12.5. The van der Waals surface area contributed by atoms with Crippen molar-refractivity contribution in [1.29, 1.82) is 0 Å². The van der Waals surface area contributed by atoms with E-state index in [1.165, 1.54) is 24.3 Å². The van der Waals surface area contributed by atoms with E-state index in [1.807, 2.05) is 54.6 Å². The number of carboxylic acids is 1. The Hall–Kier alpha value is -3.86. The van der Waals surface area contributed by atoms with Crippen molar-refractivity contribution >= 4 is 16.9 Å². The Morgan fingerprint density at radius 1 is 0.929 bits per heavy atom. The van der Waals surface area contributed by atoms with Crippen LogP contribution < -0.4 is 10.2 Å². The molecule has 0 fully saturated rings. The van der Waals surface area contributed by atoms with Crippen LogP contribution in [0.5, 0.6) is 5.75 Å². The summed E-state index contributed by atoms with van der Waals surface area (Å²) in [6.45, 7) is 0.387. The summed E-state index contributed by atoms with van der Waals surface area (Å²) in [5, 5.41) is 9.34. The van der Waals surface area contributed by atoms with Gasteiger partial charge in [0.05, 0.1) is 16.5 Å². The Bertz CT molecular complexity index is 1210. The molecule has 0 aliphatic rings. The molecule has 0 saturated heterocycles. The summed E-state index contributed by atoms with van der Waals surface area (Å²) >= 11 is 0. The minimum Gasteiger partial charge on any atom is -0.488 e. The van der Waals surface area contributed by atoms with Gasteiger partial charge in [-0.3, -0.25) is 4.79 Å². The third kappa shape index (κ3) is 3.50. The first-order chi connectivity index (χ1) is 13.6. The van der Waals surface area contributed by atoms with Crippen molar-refractivity contribution in [3.8, 4) is 17.1 Å². The number of rotatable bonds is 5. The maximum Gasteiger partial charge on any atom is 0.335 e. The van der Waals surface area contributed by atoms with Crippen molar-refractivity contribution in [3.05, 3.63) is 100 Å².